The van der Waals surface area contributed by atoms with Gasteiger partial charge >= 0.3 is 0 Å². The average molecular weight is 971 g/mol. The number of benzene rings is 12. The van der Waals surface area contributed by atoms with E-state index in [4.69, 9.17) is 0 Å². The molecule has 0 fully saturated rings. The lowest BCUT2D eigenvalue weighted by atomic mass is 9.92. The van der Waals surface area contributed by atoms with E-state index in [2.05, 4.69) is 289 Å². The normalized spacial score (nSPS) is 12.0. The van der Waals surface area contributed by atoms with Gasteiger partial charge in [-0.25, -0.2) is 0 Å². The molecule has 0 atom stereocenters. The van der Waals surface area contributed by atoms with Crippen molar-refractivity contribution < 1.29 is 0 Å². The summed E-state index contributed by atoms with van der Waals surface area (Å²) in [5.74, 6) is 0. The largest absolute Gasteiger partial charge is 0.308 e. The Kier molecular flexibility index (Phi) is 10.1. The van der Waals surface area contributed by atoms with Gasteiger partial charge in [0.05, 0.1) is 17.1 Å². The van der Waals surface area contributed by atoms with E-state index in [9.17, 15) is 0 Å². The standard InChI is InChI=1S/C72H46N2S/c1-3-21-47(22-4-1)48-23-19-26-50(45-48)73(67-39-20-37-63-58-33-12-11-31-56(58)60-34-15-17-38-66(60)74(72(63)67)49-24-5-2-6-25-49)51-41-42-59-55-30-10-8-28-53(55)52-27-7-9-29-54(52)57-32-13-14-35-61(57)70-62(65(59)46-51)43-44-69-71(70)64-36-16-18-40-68(64)75-69/h1-46H. The number of hydrogen-bond donors (Lipinski definition) is 0. The van der Waals surface area contributed by atoms with E-state index < -0.39 is 0 Å². The second kappa shape index (κ2) is 17.6. The molecule has 75 heavy (non-hydrogen) atoms. The first kappa shape index (κ1) is 43.1. The monoisotopic (exact) mass is 970 g/mol. The second-order valence-corrected chi connectivity index (χ2v) is 20.6. The summed E-state index contributed by atoms with van der Waals surface area (Å²) in [6.07, 6.45) is 0. The summed E-state index contributed by atoms with van der Waals surface area (Å²) in [5.41, 5.74) is 13.6. The molecule has 2 heterocycles. The van der Waals surface area contributed by atoms with Crippen molar-refractivity contribution in [2.45, 2.75) is 0 Å². The van der Waals surface area contributed by atoms with E-state index >= 15 is 0 Å². The van der Waals surface area contributed by atoms with Crippen molar-refractivity contribution in [3.63, 3.8) is 0 Å². The maximum Gasteiger partial charge on any atom is 0.0781 e. The van der Waals surface area contributed by atoms with Crippen LogP contribution >= 0.6 is 11.3 Å². The van der Waals surface area contributed by atoms with E-state index in [0.29, 0.717) is 0 Å². The van der Waals surface area contributed by atoms with E-state index in [1.54, 1.807) is 0 Å². The van der Waals surface area contributed by atoms with Crippen LogP contribution in [0.1, 0.15) is 0 Å². The predicted molar refractivity (Wildman–Crippen MR) is 324 cm³/mol. The Balaban J connectivity index is 1.13. The van der Waals surface area contributed by atoms with Crippen molar-refractivity contribution in [1.82, 2.24) is 0 Å². The maximum atomic E-state index is 2.52. The lowest BCUT2D eigenvalue weighted by Crippen LogP contribution is -2.17. The third-order valence-electron chi connectivity index (χ3n) is 15.4. The zero-order valence-corrected chi connectivity index (χ0v) is 41.7. The first-order valence-corrected chi connectivity index (χ1v) is 26.6. The number of fused-ring (bicyclic) bond motifs is 19. The molecule has 0 radical (unpaired) electrons. The lowest BCUT2D eigenvalue weighted by Gasteiger charge is -2.34. The Bertz CT molecular complexity index is 4670. The summed E-state index contributed by atoms with van der Waals surface area (Å²) < 4.78 is 2.57. The molecule has 2 nitrogen and oxygen atoms in total. The molecule has 0 amide bonds. The second-order valence-electron chi connectivity index (χ2n) is 19.5. The van der Waals surface area contributed by atoms with Gasteiger partial charge in [0.2, 0.25) is 0 Å². The zero-order valence-electron chi connectivity index (χ0n) is 40.9. The van der Waals surface area contributed by atoms with Crippen LogP contribution < -0.4 is 9.80 Å². The number of para-hydroxylation sites is 3. The smallest absolute Gasteiger partial charge is 0.0781 e. The van der Waals surface area contributed by atoms with Gasteiger partial charge in [0.25, 0.3) is 0 Å². The molecule has 3 heteroatoms. The molecule has 0 saturated carbocycles. The van der Waals surface area contributed by atoms with Gasteiger partial charge in [-0.15, -0.1) is 11.3 Å². The maximum absolute atomic E-state index is 2.52. The summed E-state index contributed by atoms with van der Waals surface area (Å²) in [5, 5.41) is 14.7. The molecule has 350 valence electrons. The lowest BCUT2D eigenvalue weighted by molar-refractivity contribution is 1.23. The van der Waals surface area contributed by atoms with Crippen LogP contribution in [0.25, 0.3) is 107 Å². The molecule has 0 N–H and O–H groups in total. The Labute approximate surface area is 439 Å². The zero-order chi connectivity index (χ0) is 49.4. The Hall–Kier alpha value is -9.54. The van der Waals surface area contributed by atoms with Gasteiger partial charge in [0, 0.05) is 48.4 Å². The highest BCUT2D eigenvalue weighted by Gasteiger charge is 2.31. The molecule has 1 aliphatic heterocycles. The van der Waals surface area contributed by atoms with E-state index in [1.165, 1.54) is 96.3 Å². The fourth-order valence-corrected chi connectivity index (χ4v) is 13.3. The fraction of sp³-hybridized carbons (Fsp3) is 0. The van der Waals surface area contributed by atoms with Gasteiger partial charge in [-0.1, -0.05) is 218 Å². The molecule has 0 saturated heterocycles. The molecule has 0 aliphatic carbocycles. The van der Waals surface area contributed by atoms with Crippen LogP contribution in [0.3, 0.4) is 0 Å². The minimum absolute atomic E-state index is 1.05. The predicted octanol–water partition coefficient (Wildman–Crippen LogP) is 21.2. The minimum atomic E-state index is 1.05. The van der Waals surface area contributed by atoms with E-state index in [0.717, 1.165) is 45.3 Å². The van der Waals surface area contributed by atoms with Gasteiger partial charge in [-0.05, 0) is 137 Å². The topological polar surface area (TPSA) is 6.48 Å². The summed E-state index contributed by atoms with van der Waals surface area (Å²) in [4.78, 5) is 5.01. The van der Waals surface area contributed by atoms with E-state index in [1.807, 2.05) is 11.3 Å². The van der Waals surface area contributed by atoms with Crippen LogP contribution in [0.2, 0.25) is 0 Å². The summed E-state index contributed by atoms with van der Waals surface area (Å²) >= 11 is 1.88. The highest BCUT2D eigenvalue weighted by atomic mass is 32.1. The van der Waals surface area contributed by atoms with Gasteiger partial charge < -0.3 is 9.80 Å². The summed E-state index contributed by atoms with van der Waals surface area (Å²) in [7, 11) is 0. The average Bonchev–Trinajstić information content (AvgIpc) is 3.89. The molecule has 0 spiro atoms. The first-order valence-electron chi connectivity index (χ1n) is 25.7. The molecule has 0 unspecified atom stereocenters. The Morgan fingerprint density at radius 1 is 0.280 bits per heavy atom. The number of nitrogens with zero attached hydrogens (tertiary/aromatic N) is 2. The molecule has 13 aromatic carbocycles. The third kappa shape index (κ3) is 6.93. The van der Waals surface area contributed by atoms with Crippen molar-refractivity contribution in [1.29, 1.82) is 0 Å². The van der Waals surface area contributed by atoms with Crippen LogP contribution in [0, 0.1) is 0 Å². The van der Waals surface area contributed by atoms with Gasteiger partial charge in [-0.2, -0.15) is 0 Å². The number of hydrogen-bond acceptors (Lipinski definition) is 3. The SMILES string of the molecule is c1ccc(-c2cccc(N(c3ccc4c5ccccc5c5ccccc5c5ccccc5c5c(ccc6sc7ccccc7c65)c4c3)c3cccc4c3N(c3ccccc3)c3ccccc3-c3ccccc3-4)c2)cc1. The van der Waals surface area contributed by atoms with Crippen molar-refractivity contribution in [2.75, 3.05) is 9.80 Å². The van der Waals surface area contributed by atoms with Crippen LogP contribution in [-0.2, 0) is 0 Å². The summed E-state index contributed by atoms with van der Waals surface area (Å²) in [6.45, 7) is 0. The third-order valence-corrected chi connectivity index (χ3v) is 16.5. The van der Waals surface area contributed by atoms with Crippen molar-refractivity contribution in [3.8, 4) is 33.4 Å². The van der Waals surface area contributed by atoms with Gasteiger partial charge in [-0.3, -0.25) is 0 Å². The Morgan fingerprint density at radius 2 is 0.773 bits per heavy atom. The van der Waals surface area contributed by atoms with E-state index in [-0.39, 0.29) is 0 Å². The quantitative estimate of drug-likeness (QED) is 0.170. The molecular formula is C72H46N2S. The first-order chi connectivity index (χ1) is 37.2. The van der Waals surface area contributed by atoms with Crippen LogP contribution in [0.15, 0.2) is 279 Å². The Morgan fingerprint density at radius 3 is 1.49 bits per heavy atom. The van der Waals surface area contributed by atoms with Crippen LogP contribution in [0.5, 0.6) is 0 Å². The summed E-state index contributed by atoms with van der Waals surface area (Å²) in [6, 6.07) is 103. The van der Waals surface area contributed by atoms with Crippen molar-refractivity contribution >= 4 is 119 Å². The highest BCUT2D eigenvalue weighted by Crippen LogP contribution is 2.56. The molecule has 1 aromatic heterocycles. The fourth-order valence-electron chi connectivity index (χ4n) is 12.2. The van der Waals surface area contributed by atoms with Gasteiger partial charge in [0.15, 0.2) is 0 Å². The number of thiophene rings is 1. The molecule has 0 bridgehead atoms. The van der Waals surface area contributed by atoms with Crippen LogP contribution in [0.4, 0.5) is 34.1 Å². The van der Waals surface area contributed by atoms with Crippen molar-refractivity contribution in [2.24, 2.45) is 0 Å². The molecule has 15 rings (SSSR count). The van der Waals surface area contributed by atoms with Crippen LogP contribution in [-0.4, -0.2) is 0 Å². The molecule has 14 aromatic rings. The van der Waals surface area contributed by atoms with Gasteiger partial charge in [0.1, 0.15) is 0 Å². The number of anilines is 6. The number of rotatable bonds is 5. The van der Waals surface area contributed by atoms with Crippen molar-refractivity contribution in [3.05, 3.63) is 279 Å². The highest BCUT2D eigenvalue weighted by molar-refractivity contribution is 7.26. The molecule has 1 aliphatic rings. The molecular weight excluding hydrogens is 925 g/mol. The minimum Gasteiger partial charge on any atom is -0.308 e.